The summed E-state index contributed by atoms with van der Waals surface area (Å²) in [6, 6.07) is 0. The van der Waals surface area contributed by atoms with Gasteiger partial charge in [0.1, 0.15) is 0 Å². The van der Waals surface area contributed by atoms with Crippen LogP contribution in [-0.2, 0) is 32.7 Å². The molecule has 0 unspecified atom stereocenters. The van der Waals surface area contributed by atoms with Gasteiger partial charge in [0, 0.05) is 41.1 Å². The zero-order chi connectivity index (χ0) is 3.41. The molecule has 0 fully saturated rings. The third-order valence-electron chi connectivity index (χ3n) is 0.0667. The van der Waals surface area contributed by atoms with Gasteiger partial charge in [0.05, 0.1) is 0 Å². The van der Waals surface area contributed by atoms with Crippen molar-refractivity contribution >= 4 is 21.5 Å². The summed E-state index contributed by atoms with van der Waals surface area (Å²) in [7, 11) is 0. The Labute approximate surface area is 64.4 Å². The molecule has 0 aliphatic heterocycles. The van der Waals surface area contributed by atoms with E-state index in [1.807, 2.05) is 0 Å². The number of aliphatic imine (C=N–C) groups is 1. The third kappa shape index (κ3) is 24.4. The van der Waals surface area contributed by atoms with Gasteiger partial charge in [-0.15, -0.1) is 0 Å². The van der Waals surface area contributed by atoms with E-state index in [0.717, 1.165) is 0 Å². The van der Waals surface area contributed by atoms with Crippen molar-refractivity contribution in [1.82, 2.24) is 0 Å². The molecule has 0 atom stereocenters. The van der Waals surface area contributed by atoms with E-state index in [0.29, 0.717) is 6.34 Å². The fourth-order valence-electron chi connectivity index (χ4n) is 0. The summed E-state index contributed by atoms with van der Waals surface area (Å²) in [6.07, 6.45) is 0.528. The maximum atomic E-state index is 7.46. The second-order valence-corrected chi connectivity index (χ2v) is 0.265. The molecule has 0 saturated carbocycles. The molecular weight excluding hydrogens is 152 g/mol. The number of rotatable bonds is 1. The van der Waals surface area contributed by atoms with Crippen molar-refractivity contribution in [2.75, 3.05) is 0 Å². The van der Waals surface area contributed by atoms with E-state index in [4.69, 9.17) is 5.41 Å². The molecule has 0 aromatic carbocycles. The van der Waals surface area contributed by atoms with E-state index in [-0.39, 0.29) is 41.1 Å². The second kappa shape index (κ2) is 17.8. The van der Waals surface area contributed by atoms with Crippen LogP contribution in [0.5, 0.6) is 0 Å². The summed E-state index contributed by atoms with van der Waals surface area (Å²) in [5, 5.41) is 7.46. The van der Waals surface area contributed by atoms with Crippen molar-refractivity contribution in [3.8, 4) is 0 Å². The van der Waals surface area contributed by atoms with Crippen LogP contribution in [0.1, 0.15) is 0 Å². The predicted molar refractivity (Wildman–Crippen MR) is 23.7 cm³/mol. The average Bonchev–Trinajstić information content (AvgIpc) is 1.37. The Balaban J connectivity index is -0.0000000450. The van der Waals surface area contributed by atoms with Gasteiger partial charge in [-0.25, -0.2) is 0 Å². The number of nitrogens with zero attached hydrogens (tertiary/aromatic N) is 2. The second-order valence-electron chi connectivity index (χ2n) is 0.265. The van der Waals surface area contributed by atoms with Gasteiger partial charge >= 0.3 is 0 Å². The first-order chi connectivity index (χ1) is 1.91. The van der Waals surface area contributed by atoms with Gasteiger partial charge in [0.15, 0.2) is 0 Å². The molecule has 0 amide bonds. The molecule has 2 nitrogen and oxygen atoms in total. The molecule has 0 aromatic heterocycles. The van der Waals surface area contributed by atoms with E-state index in [2.05, 4.69) is 11.7 Å². The molecule has 0 spiro atoms. The molecule has 0 rings (SSSR count). The zero-order valence-corrected chi connectivity index (χ0v) is 6.04. The van der Waals surface area contributed by atoms with Crippen molar-refractivity contribution in [3.05, 3.63) is 5.41 Å². The summed E-state index contributed by atoms with van der Waals surface area (Å²) < 4.78 is 0. The van der Waals surface area contributed by atoms with Crippen LogP contribution in [0.3, 0.4) is 0 Å². The summed E-state index contributed by atoms with van der Waals surface area (Å²) in [5.74, 6) is 0. The van der Waals surface area contributed by atoms with Gasteiger partial charge in [0.25, 0.3) is 0 Å². The molecule has 28 valence electrons. The molecule has 0 heterocycles. The van der Waals surface area contributed by atoms with Crippen LogP contribution in [0, 0.1) is 0 Å². The summed E-state index contributed by atoms with van der Waals surface area (Å²) in [4.78, 5) is 2.67. The molecule has 0 bridgehead atoms. The fraction of sp³-hybridized carbons (Fsp3) is 0. The molecular formula is C2H2BN2Y-2. The molecule has 0 aliphatic carbocycles. The van der Waals surface area contributed by atoms with Crippen molar-refractivity contribution in [3.63, 3.8) is 0 Å². The summed E-state index contributed by atoms with van der Waals surface area (Å²) >= 11 is 0. The molecule has 0 N–H and O–H groups in total. The summed E-state index contributed by atoms with van der Waals surface area (Å²) in [5.41, 5.74) is 0. The molecule has 4 heteroatoms. The quantitative estimate of drug-likeness (QED) is 0.216. The minimum Gasteiger partial charge on any atom is -0.650 e. The standard InChI is InChI=1S/C2H2N2.B.Y/c1-4-2-3;;/h1-2H;;/q-2;;. The molecule has 6 heavy (non-hydrogen) atoms. The third-order valence-corrected chi connectivity index (χ3v) is 0.0667. The normalized spacial score (nSPS) is 3.33. The first-order valence-corrected chi connectivity index (χ1v) is 0.775. The van der Waals surface area contributed by atoms with Gasteiger partial charge in [-0.05, 0) is 0 Å². The Morgan fingerprint density at radius 2 is 1.83 bits per heavy atom. The summed E-state index contributed by atoms with van der Waals surface area (Å²) in [6.45, 7) is 4.35. The minimum atomic E-state index is 0. The first kappa shape index (κ1) is 16.0. The van der Waals surface area contributed by atoms with Gasteiger partial charge in [-0.3, -0.25) is 6.34 Å². The first-order valence-electron chi connectivity index (χ1n) is 0.775. The molecule has 0 aliphatic rings. The van der Waals surface area contributed by atoms with Crippen LogP contribution in [-0.4, -0.2) is 21.5 Å². The Hall–Kier alpha value is 0.509. The van der Waals surface area contributed by atoms with E-state index in [1.54, 1.807) is 0 Å². The van der Waals surface area contributed by atoms with Crippen molar-refractivity contribution in [1.29, 1.82) is 0 Å². The van der Waals surface area contributed by atoms with Gasteiger partial charge in [-0.1, -0.05) is 0 Å². The van der Waals surface area contributed by atoms with Crippen molar-refractivity contribution < 1.29 is 32.7 Å². The molecule has 0 saturated heterocycles. The SMILES string of the molecule is [B].[CH-]=NC=[N-].[Y]. The van der Waals surface area contributed by atoms with Gasteiger partial charge < -0.3 is 17.1 Å². The van der Waals surface area contributed by atoms with Crippen molar-refractivity contribution in [2.24, 2.45) is 4.99 Å². The van der Waals surface area contributed by atoms with E-state index in [1.165, 1.54) is 0 Å². The van der Waals surface area contributed by atoms with Crippen LogP contribution in [0.2, 0.25) is 0 Å². The van der Waals surface area contributed by atoms with Crippen LogP contribution < -0.4 is 0 Å². The predicted octanol–water partition coefficient (Wildman–Crippen LogP) is -0.222. The zero-order valence-electron chi connectivity index (χ0n) is 3.20. The fourth-order valence-corrected chi connectivity index (χ4v) is 0. The molecule has 0 aromatic rings. The van der Waals surface area contributed by atoms with Gasteiger partial charge in [-0.2, -0.15) is 0 Å². The monoisotopic (exact) mass is 154 g/mol. The van der Waals surface area contributed by atoms with E-state index < -0.39 is 0 Å². The molecule has 4 radical (unpaired) electrons. The van der Waals surface area contributed by atoms with Crippen LogP contribution in [0.4, 0.5) is 0 Å². The van der Waals surface area contributed by atoms with E-state index >= 15 is 0 Å². The Bertz CT molecular complexity index is 32.5. The van der Waals surface area contributed by atoms with Crippen LogP contribution in [0.25, 0.3) is 5.41 Å². The van der Waals surface area contributed by atoms with Gasteiger partial charge in [0.2, 0.25) is 0 Å². The van der Waals surface area contributed by atoms with Crippen LogP contribution in [0.15, 0.2) is 4.99 Å². The Kier molecular flexibility index (Phi) is 47.6. The largest absolute Gasteiger partial charge is 0.650 e. The van der Waals surface area contributed by atoms with E-state index in [9.17, 15) is 0 Å². The Morgan fingerprint density at radius 1 is 1.67 bits per heavy atom. The number of hydrogen-bond donors (Lipinski definition) is 0. The smallest absolute Gasteiger partial charge is 0 e. The maximum absolute atomic E-state index is 7.46. The Morgan fingerprint density at radius 3 is 1.83 bits per heavy atom. The minimum absolute atomic E-state index is 0. The maximum Gasteiger partial charge on any atom is 0 e. The number of hydrogen-bond acceptors (Lipinski definition) is 0. The van der Waals surface area contributed by atoms with Crippen LogP contribution >= 0.6 is 0 Å². The average molecular weight is 154 g/mol. The van der Waals surface area contributed by atoms with Crippen molar-refractivity contribution in [2.45, 2.75) is 0 Å². The topological polar surface area (TPSA) is 34.7 Å².